The molecule has 1 heteroatoms. The van der Waals surface area contributed by atoms with Gasteiger partial charge in [-0.2, -0.15) is 0 Å². The first-order chi connectivity index (χ1) is 6.15. The highest BCUT2D eigenvalue weighted by Crippen LogP contribution is 2.30. The quantitative estimate of drug-likeness (QED) is 0.681. The van der Waals surface area contributed by atoms with Crippen LogP contribution in [-0.4, -0.2) is 0 Å². The molecule has 1 aromatic carbocycles. The van der Waals surface area contributed by atoms with Gasteiger partial charge in [-0.3, -0.25) is 0 Å². The molecule has 0 fully saturated rings. The lowest BCUT2D eigenvalue weighted by Crippen LogP contribution is -1.93. The normalized spacial score (nSPS) is 12.9. The van der Waals surface area contributed by atoms with Crippen molar-refractivity contribution in [1.29, 1.82) is 0 Å². The van der Waals surface area contributed by atoms with Crippen molar-refractivity contribution in [2.24, 2.45) is 0 Å². The van der Waals surface area contributed by atoms with Crippen LogP contribution in [0.25, 0.3) is 0 Å². The van der Waals surface area contributed by atoms with E-state index < -0.39 is 0 Å². The third-order valence-corrected chi connectivity index (χ3v) is 3.27. The molecule has 0 aliphatic carbocycles. The van der Waals surface area contributed by atoms with E-state index in [1.165, 1.54) is 29.5 Å². The summed E-state index contributed by atoms with van der Waals surface area (Å²) in [6, 6.07) is 6.66. The highest BCUT2D eigenvalue weighted by Gasteiger charge is 2.08. The molecule has 0 aromatic heterocycles. The van der Waals surface area contributed by atoms with E-state index in [1.54, 1.807) is 0 Å². The molecule has 0 amide bonds. The van der Waals surface area contributed by atoms with Crippen molar-refractivity contribution >= 4 is 15.9 Å². The van der Waals surface area contributed by atoms with Crippen molar-refractivity contribution < 1.29 is 0 Å². The van der Waals surface area contributed by atoms with Gasteiger partial charge in [0.1, 0.15) is 0 Å². The maximum atomic E-state index is 3.73. The maximum absolute atomic E-state index is 3.73. The van der Waals surface area contributed by atoms with Gasteiger partial charge < -0.3 is 0 Å². The Morgan fingerprint density at radius 2 is 2.00 bits per heavy atom. The molecule has 0 aliphatic rings. The molecule has 72 valence electrons. The lowest BCUT2D eigenvalue weighted by molar-refractivity contribution is 0.784. The van der Waals surface area contributed by atoms with Crippen molar-refractivity contribution in [3.8, 4) is 0 Å². The van der Waals surface area contributed by atoms with Crippen molar-refractivity contribution in [2.45, 2.75) is 38.4 Å². The summed E-state index contributed by atoms with van der Waals surface area (Å²) in [4.78, 5) is 0.525. The SMILES string of the molecule is CCCC(Br)c1cc(C)ccc1C. The molecular formula is C12H17Br. The second-order valence-corrected chi connectivity index (χ2v) is 4.72. The number of benzene rings is 1. The van der Waals surface area contributed by atoms with Gasteiger partial charge in [-0.25, -0.2) is 0 Å². The number of alkyl halides is 1. The van der Waals surface area contributed by atoms with E-state index in [1.807, 2.05) is 0 Å². The number of aryl methyl sites for hydroxylation is 2. The molecule has 1 unspecified atom stereocenters. The van der Waals surface area contributed by atoms with Crippen LogP contribution in [0, 0.1) is 13.8 Å². The van der Waals surface area contributed by atoms with Crippen LogP contribution in [-0.2, 0) is 0 Å². The molecule has 0 N–H and O–H groups in total. The molecule has 0 aliphatic heterocycles. The second kappa shape index (κ2) is 4.80. The van der Waals surface area contributed by atoms with E-state index in [0.29, 0.717) is 4.83 Å². The van der Waals surface area contributed by atoms with E-state index in [0.717, 1.165) is 0 Å². The van der Waals surface area contributed by atoms with Gasteiger partial charge in [-0.1, -0.05) is 53.0 Å². The fourth-order valence-electron chi connectivity index (χ4n) is 1.51. The molecule has 0 heterocycles. The Morgan fingerprint density at radius 1 is 1.31 bits per heavy atom. The number of halogens is 1. The van der Waals surface area contributed by atoms with Gasteiger partial charge in [0.2, 0.25) is 0 Å². The van der Waals surface area contributed by atoms with E-state index in [4.69, 9.17) is 0 Å². The van der Waals surface area contributed by atoms with Crippen LogP contribution in [0.15, 0.2) is 18.2 Å². The van der Waals surface area contributed by atoms with Gasteiger partial charge in [-0.05, 0) is 31.4 Å². The van der Waals surface area contributed by atoms with Crippen molar-refractivity contribution in [1.82, 2.24) is 0 Å². The van der Waals surface area contributed by atoms with Gasteiger partial charge >= 0.3 is 0 Å². The molecule has 0 radical (unpaired) electrons. The Hall–Kier alpha value is -0.300. The lowest BCUT2D eigenvalue weighted by Gasteiger charge is -2.12. The van der Waals surface area contributed by atoms with Gasteiger partial charge in [0.25, 0.3) is 0 Å². The van der Waals surface area contributed by atoms with Gasteiger partial charge in [-0.15, -0.1) is 0 Å². The first kappa shape index (κ1) is 10.8. The van der Waals surface area contributed by atoms with Crippen LogP contribution in [0.4, 0.5) is 0 Å². The van der Waals surface area contributed by atoms with Crippen LogP contribution in [0.5, 0.6) is 0 Å². The molecule has 0 bridgehead atoms. The molecule has 1 rings (SSSR count). The highest BCUT2D eigenvalue weighted by molar-refractivity contribution is 9.09. The maximum Gasteiger partial charge on any atom is 0.0397 e. The van der Waals surface area contributed by atoms with Gasteiger partial charge in [0.15, 0.2) is 0 Å². The Kier molecular flexibility index (Phi) is 3.98. The summed E-state index contributed by atoms with van der Waals surface area (Å²) < 4.78 is 0. The molecule has 0 saturated carbocycles. The van der Waals surface area contributed by atoms with Crippen LogP contribution in [0.3, 0.4) is 0 Å². The van der Waals surface area contributed by atoms with Crippen molar-refractivity contribution in [2.75, 3.05) is 0 Å². The minimum Gasteiger partial charge on any atom is -0.0839 e. The monoisotopic (exact) mass is 240 g/mol. The lowest BCUT2D eigenvalue weighted by atomic mass is 10.0. The predicted molar refractivity (Wildman–Crippen MR) is 62.5 cm³/mol. The highest BCUT2D eigenvalue weighted by atomic mass is 79.9. The van der Waals surface area contributed by atoms with Crippen molar-refractivity contribution in [3.63, 3.8) is 0 Å². The summed E-state index contributed by atoms with van der Waals surface area (Å²) in [6.07, 6.45) is 2.44. The Labute approximate surface area is 89.5 Å². The Bertz CT molecular complexity index is 278. The average molecular weight is 241 g/mol. The fraction of sp³-hybridized carbons (Fsp3) is 0.500. The predicted octanol–water partition coefficient (Wildman–Crippen LogP) is 4.54. The third-order valence-electron chi connectivity index (χ3n) is 2.31. The molecule has 1 atom stereocenters. The Morgan fingerprint density at radius 3 is 2.62 bits per heavy atom. The van der Waals surface area contributed by atoms with Crippen LogP contribution in [0.1, 0.15) is 41.3 Å². The number of hydrogen-bond donors (Lipinski definition) is 0. The zero-order chi connectivity index (χ0) is 9.84. The van der Waals surface area contributed by atoms with E-state index in [-0.39, 0.29) is 0 Å². The number of rotatable bonds is 3. The molecule has 0 saturated heterocycles. The summed E-state index contributed by atoms with van der Waals surface area (Å²) in [5.74, 6) is 0. The molecular weight excluding hydrogens is 224 g/mol. The standard InChI is InChI=1S/C12H17Br/c1-4-5-12(13)11-8-9(2)6-7-10(11)3/h6-8,12H,4-5H2,1-3H3. The van der Waals surface area contributed by atoms with Gasteiger partial charge in [0.05, 0.1) is 0 Å². The minimum absolute atomic E-state index is 0.525. The van der Waals surface area contributed by atoms with Crippen LogP contribution >= 0.6 is 15.9 Å². The zero-order valence-electron chi connectivity index (χ0n) is 8.60. The average Bonchev–Trinajstić information content (AvgIpc) is 2.09. The first-order valence-electron chi connectivity index (χ1n) is 4.86. The topological polar surface area (TPSA) is 0 Å². The largest absolute Gasteiger partial charge is 0.0839 e. The van der Waals surface area contributed by atoms with Crippen molar-refractivity contribution in [3.05, 3.63) is 34.9 Å². The summed E-state index contributed by atoms with van der Waals surface area (Å²) in [5, 5.41) is 0. The minimum atomic E-state index is 0.525. The molecule has 1 aromatic rings. The smallest absolute Gasteiger partial charge is 0.0397 e. The first-order valence-corrected chi connectivity index (χ1v) is 5.78. The van der Waals surface area contributed by atoms with Gasteiger partial charge in [0, 0.05) is 4.83 Å². The Balaban J connectivity index is 2.91. The van der Waals surface area contributed by atoms with E-state index >= 15 is 0 Å². The van der Waals surface area contributed by atoms with Crippen LogP contribution in [0.2, 0.25) is 0 Å². The summed E-state index contributed by atoms with van der Waals surface area (Å²) in [7, 11) is 0. The molecule has 0 spiro atoms. The zero-order valence-corrected chi connectivity index (χ0v) is 10.2. The fourth-order valence-corrected chi connectivity index (χ4v) is 2.46. The third kappa shape index (κ3) is 2.84. The van der Waals surface area contributed by atoms with Crippen LogP contribution < -0.4 is 0 Å². The molecule has 0 nitrogen and oxygen atoms in total. The number of hydrogen-bond acceptors (Lipinski definition) is 0. The summed E-state index contributed by atoms with van der Waals surface area (Å²) in [6.45, 7) is 6.55. The molecule has 13 heavy (non-hydrogen) atoms. The summed E-state index contributed by atoms with van der Waals surface area (Å²) >= 11 is 3.73. The second-order valence-electron chi connectivity index (χ2n) is 3.62. The van der Waals surface area contributed by atoms with E-state index in [2.05, 4.69) is 54.9 Å². The summed E-state index contributed by atoms with van der Waals surface area (Å²) in [5.41, 5.74) is 4.18. The van der Waals surface area contributed by atoms with E-state index in [9.17, 15) is 0 Å².